The molecule has 1 rings (SSSR count). The summed E-state index contributed by atoms with van der Waals surface area (Å²) in [4.78, 5) is 4.11. The first-order valence-corrected chi connectivity index (χ1v) is 5.31. The van der Waals surface area contributed by atoms with Gasteiger partial charge in [-0.15, -0.1) is 0 Å². The molecule has 0 saturated heterocycles. The summed E-state index contributed by atoms with van der Waals surface area (Å²) in [6.45, 7) is 1.47. The van der Waals surface area contributed by atoms with E-state index in [4.69, 9.17) is 5.84 Å². The molecule has 0 radical (unpaired) electrons. The number of pyridine rings is 1. The minimum Gasteiger partial charge on any atom is -0.343 e. The molecule has 0 atom stereocenters. The molecule has 4 nitrogen and oxygen atoms in total. The van der Waals surface area contributed by atoms with E-state index >= 15 is 0 Å². The van der Waals surface area contributed by atoms with Crippen LogP contribution in [0.3, 0.4) is 0 Å². The number of rotatable bonds is 4. The molecule has 1 heterocycles. The smallest absolute Gasteiger partial charge is 0.343 e. The maximum absolute atomic E-state index is 13.6. The molecular formula is C10H13F5N4. The third-order valence-corrected chi connectivity index (χ3v) is 2.29. The molecule has 0 aliphatic carbocycles. The number of halogens is 5. The van der Waals surface area contributed by atoms with Gasteiger partial charge in [-0.25, -0.2) is 19.6 Å². The molecule has 0 spiro atoms. The van der Waals surface area contributed by atoms with Gasteiger partial charge in [0.15, 0.2) is 23.3 Å². The van der Waals surface area contributed by atoms with Gasteiger partial charge in [0.1, 0.15) is 6.54 Å². The molecule has 0 saturated carbocycles. The molecule has 0 aliphatic rings. The van der Waals surface area contributed by atoms with Crippen molar-refractivity contribution in [3.63, 3.8) is 0 Å². The minimum absolute atomic E-state index is 0.434. The Kier molecular flexibility index (Phi) is 4.51. The van der Waals surface area contributed by atoms with Crippen LogP contribution in [0.15, 0.2) is 6.07 Å². The number of nitrogens with one attached hydrogen (secondary N) is 1. The molecular weight excluding hydrogens is 271 g/mol. The number of hydrazine groups is 1. The largest absolute Gasteiger partial charge is 0.405 e. The van der Waals surface area contributed by atoms with E-state index in [0.717, 1.165) is 0 Å². The molecule has 9 heteroatoms. The van der Waals surface area contributed by atoms with Crippen LogP contribution < -0.4 is 16.2 Å². The Labute approximate surface area is 106 Å². The van der Waals surface area contributed by atoms with E-state index in [2.05, 4.69) is 4.98 Å². The van der Waals surface area contributed by atoms with Crippen LogP contribution in [0.5, 0.6) is 0 Å². The monoisotopic (exact) mass is 284 g/mol. The fourth-order valence-electron chi connectivity index (χ4n) is 1.45. The van der Waals surface area contributed by atoms with Crippen molar-refractivity contribution < 1.29 is 22.0 Å². The second-order valence-corrected chi connectivity index (χ2v) is 4.11. The van der Waals surface area contributed by atoms with E-state index in [0.29, 0.717) is 11.0 Å². The number of alkyl halides is 3. The standard InChI is InChI=1S/C10H13F5N4/c1-5(2)19(4-10(13,14)15)9-7(12)3-6(11)8(17-9)18-16/h3,5H,4,16H2,1-2H3,(H,17,18). The van der Waals surface area contributed by atoms with Crippen molar-refractivity contribution >= 4 is 11.6 Å². The predicted octanol–water partition coefficient (Wildman–Crippen LogP) is 2.42. The van der Waals surface area contributed by atoms with Crippen LogP contribution >= 0.6 is 0 Å². The van der Waals surface area contributed by atoms with E-state index in [1.165, 1.54) is 13.8 Å². The zero-order valence-electron chi connectivity index (χ0n) is 10.2. The molecule has 0 aromatic carbocycles. The number of nitrogens with zero attached hydrogens (tertiary/aromatic N) is 2. The normalized spacial score (nSPS) is 11.8. The van der Waals surface area contributed by atoms with Crippen molar-refractivity contribution in [3.05, 3.63) is 17.7 Å². The van der Waals surface area contributed by atoms with Gasteiger partial charge in [0.05, 0.1) is 0 Å². The van der Waals surface area contributed by atoms with Gasteiger partial charge in [-0.3, -0.25) is 0 Å². The third kappa shape index (κ3) is 3.91. The summed E-state index contributed by atoms with van der Waals surface area (Å²) in [6, 6.07) is -0.247. The first-order chi connectivity index (χ1) is 8.65. The molecule has 19 heavy (non-hydrogen) atoms. The van der Waals surface area contributed by atoms with E-state index in [-0.39, 0.29) is 0 Å². The molecule has 0 aliphatic heterocycles. The van der Waals surface area contributed by atoms with Crippen molar-refractivity contribution in [2.45, 2.75) is 26.1 Å². The van der Waals surface area contributed by atoms with E-state index in [9.17, 15) is 22.0 Å². The summed E-state index contributed by atoms with van der Waals surface area (Å²) in [7, 11) is 0. The van der Waals surface area contributed by atoms with Crippen LogP contribution in [0.1, 0.15) is 13.8 Å². The van der Waals surface area contributed by atoms with Crippen molar-refractivity contribution in [1.29, 1.82) is 0 Å². The minimum atomic E-state index is -4.54. The SMILES string of the molecule is CC(C)N(CC(F)(F)F)c1nc(NN)c(F)cc1F. The predicted molar refractivity (Wildman–Crippen MR) is 60.5 cm³/mol. The van der Waals surface area contributed by atoms with Crippen LogP contribution in [-0.4, -0.2) is 23.7 Å². The Balaban J connectivity index is 3.23. The molecule has 3 N–H and O–H groups in total. The number of hydrogen-bond donors (Lipinski definition) is 2. The quantitative estimate of drug-likeness (QED) is 0.506. The first kappa shape index (κ1) is 15.4. The van der Waals surface area contributed by atoms with E-state index < -0.39 is 42.0 Å². The second kappa shape index (κ2) is 5.55. The summed E-state index contributed by atoms with van der Waals surface area (Å²) < 4.78 is 64.0. The lowest BCUT2D eigenvalue weighted by molar-refractivity contribution is -0.120. The Hall–Kier alpha value is -1.64. The number of aromatic nitrogens is 1. The van der Waals surface area contributed by atoms with Gasteiger partial charge in [0.2, 0.25) is 0 Å². The number of anilines is 2. The Bertz CT molecular complexity index is 446. The second-order valence-electron chi connectivity index (χ2n) is 4.11. The Morgan fingerprint density at radius 1 is 1.32 bits per heavy atom. The summed E-state index contributed by atoms with van der Waals surface area (Å²) in [5, 5.41) is 0. The van der Waals surface area contributed by atoms with Gasteiger partial charge in [-0.05, 0) is 13.8 Å². The van der Waals surface area contributed by atoms with Gasteiger partial charge in [0.25, 0.3) is 0 Å². The van der Waals surface area contributed by atoms with E-state index in [1.807, 2.05) is 5.43 Å². The summed E-state index contributed by atoms with van der Waals surface area (Å²) in [6.07, 6.45) is -4.54. The summed E-state index contributed by atoms with van der Waals surface area (Å²) in [5.41, 5.74) is 1.86. The molecule has 1 aromatic rings. The highest BCUT2D eigenvalue weighted by atomic mass is 19.4. The van der Waals surface area contributed by atoms with Gasteiger partial charge in [-0.1, -0.05) is 0 Å². The fraction of sp³-hybridized carbons (Fsp3) is 0.500. The topological polar surface area (TPSA) is 54.2 Å². The Morgan fingerprint density at radius 2 is 1.89 bits per heavy atom. The van der Waals surface area contributed by atoms with Gasteiger partial charge in [0, 0.05) is 12.1 Å². The molecule has 0 fully saturated rings. The highest BCUT2D eigenvalue weighted by molar-refractivity contribution is 5.49. The zero-order chi connectivity index (χ0) is 14.8. The van der Waals surface area contributed by atoms with Crippen LogP contribution in [0, 0.1) is 11.6 Å². The van der Waals surface area contributed by atoms with Crippen LogP contribution in [0.25, 0.3) is 0 Å². The van der Waals surface area contributed by atoms with Crippen molar-refractivity contribution in [2.24, 2.45) is 5.84 Å². The number of nitrogen functional groups attached to an aromatic ring is 1. The average Bonchev–Trinajstić information content (AvgIpc) is 2.25. The van der Waals surface area contributed by atoms with Gasteiger partial charge in [-0.2, -0.15) is 13.2 Å². The van der Waals surface area contributed by atoms with Crippen LogP contribution in [0.2, 0.25) is 0 Å². The zero-order valence-corrected chi connectivity index (χ0v) is 10.2. The fourth-order valence-corrected chi connectivity index (χ4v) is 1.45. The summed E-state index contributed by atoms with van der Waals surface area (Å²) >= 11 is 0. The summed E-state index contributed by atoms with van der Waals surface area (Å²) in [5.74, 6) is 1.55. The lowest BCUT2D eigenvalue weighted by Gasteiger charge is -2.29. The van der Waals surface area contributed by atoms with Crippen LogP contribution in [-0.2, 0) is 0 Å². The van der Waals surface area contributed by atoms with E-state index in [1.54, 1.807) is 0 Å². The lowest BCUT2D eigenvalue weighted by atomic mass is 10.3. The van der Waals surface area contributed by atoms with Crippen LogP contribution in [0.4, 0.5) is 33.6 Å². The average molecular weight is 284 g/mol. The first-order valence-electron chi connectivity index (χ1n) is 5.31. The number of nitrogens with two attached hydrogens (primary N) is 1. The molecule has 0 amide bonds. The van der Waals surface area contributed by atoms with Crippen molar-refractivity contribution in [3.8, 4) is 0 Å². The van der Waals surface area contributed by atoms with Gasteiger partial charge >= 0.3 is 6.18 Å². The van der Waals surface area contributed by atoms with Crippen molar-refractivity contribution in [1.82, 2.24) is 4.98 Å². The van der Waals surface area contributed by atoms with Gasteiger partial charge < -0.3 is 10.3 Å². The molecule has 1 aromatic heterocycles. The third-order valence-electron chi connectivity index (χ3n) is 2.29. The lowest BCUT2D eigenvalue weighted by Crippen LogP contribution is -2.40. The number of hydrogen-bond acceptors (Lipinski definition) is 4. The highest BCUT2D eigenvalue weighted by Crippen LogP contribution is 2.27. The van der Waals surface area contributed by atoms with Crippen molar-refractivity contribution in [2.75, 3.05) is 16.9 Å². The molecule has 0 unspecified atom stereocenters. The molecule has 0 bridgehead atoms. The Morgan fingerprint density at radius 3 is 2.32 bits per heavy atom. The maximum Gasteiger partial charge on any atom is 0.405 e. The molecule has 108 valence electrons. The highest BCUT2D eigenvalue weighted by Gasteiger charge is 2.34. The maximum atomic E-state index is 13.6.